The van der Waals surface area contributed by atoms with E-state index in [1.807, 2.05) is 47.6 Å². The number of benzene rings is 1. The molecule has 11 heteroatoms. The lowest BCUT2D eigenvalue weighted by Gasteiger charge is -2.36. The number of carbonyl (C=O) groups is 1. The molecule has 4 heterocycles. The first-order valence-corrected chi connectivity index (χ1v) is 12.1. The van der Waals surface area contributed by atoms with E-state index in [1.54, 1.807) is 23.9 Å². The highest BCUT2D eigenvalue weighted by Crippen LogP contribution is 2.35. The van der Waals surface area contributed by atoms with Crippen molar-refractivity contribution in [2.75, 3.05) is 31.3 Å². The zero-order valence-corrected chi connectivity index (χ0v) is 19.6. The number of rotatable bonds is 8. The Morgan fingerprint density at radius 3 is 3.00 bits per heavy atom. The molecule has 4 aromatic rings. The molecule has 2 atom stereocenters. The van der Waals surface area contributed by atoms with E-state index in [0.29, 0.717) is 53.2 Å². The normalized spacial score (nSPS) is 16.9. The molecule has 3 aromatic heterocycles. The number of methoxy groups -OCH3 is 1. The van der Waals surface area contributed by atoms with Gasteiger partial charge in [0.1, 0.15) is 17.4 Å². The third kappa shape index (κ3) is 4.25. The van der Waals surface area contributed by atoms with Crippen molar-refractivity contribution in [3.05, 3.63) is 65.9 Å². The van der Waals surface area contributed by atoms with Gasteiger partial charge in [-0.3, -0.25) is 9.20 Å². The van der Waals surface area contributed by atoms with Crippen molar-refractivity contribution in [1.82, 2.24) is 23.8 Å². The summed E-state index contributed by atoms with van der Waals surface area (Å²) in [7, 11) is 0.432. The van der Waals surface area contributed by atoms with Gasteiger partial charge in [-0.25, -0.2) is 13.5 Å². The number of aryl methyl sites for hydroxylation is 1. The largest absolute Gasteiger partial charge is 0.384 e. The Bertz CT molecular complexity index is 1370. The first-order chi connectivity index (χ1) is 16.5. The Hall–Kier alpha value is -3.41. The molecule has 1 fully saturated rings. The van der Waals surface area contributed by atoms with Crippen LogP contribution < -0.4 is 5.32 Å². The van der Waals surface area contributed by atoms with Crippen molar-refractivity contribution in [3.63, 3.8) is 0 Å². The minimum atomic E-state index is -1.16. The Labute approximate surface area is 198 Å². The van der Waals surface area contributed by atoms with Gasteiger partial charge in [-0.15, -0.1) is 0 Å². The second kappa shape index (κ2) is 9.45. The fraction of sp³-hybridized carbons (Fsp3) is 0.304. The third-order valence-electron chi connectivity index (χ3n) is 5.81. The number of carbonyl (C=O) groups excluding carboxylic acids is 1. The molecule has 1 aromatic carbocycles. The van der Waals surface area contributed by atoms with Crippen LogP contribution in [0.4, 0.5) is 5.69 Å². The van der Waals surface area contributed by atoms with Crippen LogP contribution in [-0.2, 0) is 15.7 Å². The summed E-state index contributed by atoms with van der Waals surface area (Å²) in [5, 5.41) is 7.08. The molecule has 0 radical (unpaired) electrons. The maximum absolute atomic E-state index is 12.9. The fourth-order valence-corrected chi connectivity index (χ4v) is 5.13. The highest BCUT2D eigenvalue weighted by Gasteiger charge is 2.37. The van der Waals surface area contributed by atoms with E-state index in [9.17, 15) is 9.00 Å². The second-order valence-corrected chi connectivity index (χ2v) is 9.50. The Morgan fingerprint density at radius 1 is 1.32 bits per heavy atom. The molecule has 10 nitrogen and oxygen atoms in total. The van der Waals surface area contributed by atoms with E-state index in [0.717, 1.165) is 12.0 Å². The topological polar surface area (TPSA) is 115 Å². The molecule has 1 N–H and O–H groups in total. The number of pyridine rings is 1. The van der Waals surface area contributed by atoms with Crippen LogP contribution in [0.2, 0.25) is 0 Å². The van der Waals surface area contributed by atoms with Gasteiger partial charge >= 0.3 is 0 Å². The Balaban J connectivity index is 1.34. The average molecular weight is 481 g/mol. The summed E-state index contributed by atoms with van der Waals surface area (Å²) in [4.78, 5) is 21.8. The molecule has 0 saturated carbocycles. The number of anilines is 1. The highest BCUT2D eigenvalue weighted by atomic mass is 32.2. The van der Waals surface area contributed by atoms with Gasteiger partial charge in [0.2, 0.25) is 11.7 Å². The number of hydrogen-bond donors (Lipinski definition) is 1. The Kier molecular flexibility index (Phi) is 6.22. The average Bonchev–Trinajstić information content (AvgIpc) is 3.46. The minimum absolute atomic E-state index is 0.168. The molecule has 176 valence electrons. The van der Waals surface area contributed by atoms with Crippen LogP contribution in [0.15, 0.2) is 53.3 Å². The van der Waals surface area contributed by atoms with Crippen molar-refractivity contribution in [1.29, 1.82) is 0 Å². The van der Waals surface area contributed by atoms with Gasteiger partial charge in [0.25, 0.3) is 5.91 Å². The molecule has 1 aliphatic rings. The van der Waals surface area contributed by atoms with E-state index in [-0.39, 0.29) is 11.9 Å². The predicted molar refractivity (Wildman–Crippen MR) is 127 cm³/mol. The predicted octanol–water partition coefficient (Wildman–Crippen LogP) is 3.00. The van der Waals surface area contributed by atoms with E-state index in [1.165, 1.54) is 0 Å². The van der Waals surface area contributed by atoms with E-state index in [4.69, 9.17) is 9.26 Å². The van der Waals surface area contributed by atoms with Crippen LogP contribution in [0.1, 0.15) is 34.4 Å². The first-order valence-electron chi connectivity index (χ1n) is 10.9. The zero-order valence-electron chi connectivity index (χ0n) is 18.8. The summed E-state index contributed by atoms with van der Waals surface area (Å²) in [5.74, 6) is 1.01. The number of aromatic nitrogens is 4. The fourth-order valence-electron chi connectivity index (χ4n) is 3.80. The van der Waals surface area contributed by atoms with Gasteiger partial charge in [0.15, 0.2) is 0 Å². The van der Waals surface area contributed by atoms with Crippen LogP contribution in [0, 0.1) is 6.92 Å². The quantitative estimate of drug-likeness (QED) is 0.412. The Morgan fingerprint density at radius 2 is 2.21 bits per heavy atom. The van der Waals surface area contributed by atoms with Crippen molar-refractivity contribution >= 4 is 28.2 Å². The smallest absolute Gasteiger partial charge is 0.274 e. The monoisotopic (exact) mass is 480 g/mol. The number of nitrogens with zero attached hydrogens (tertiary/aromatic N) is 5. The number of ether oxygens (including phenoxy) is 1. The molecule has 0 bridgehead atoms. The lowest BCUT2D eigenvalue weighted by Crippen LogP contribution is -2.43. The van der Waals surface area contributed by atoms with Crippen LogP contribution in [0.25, 0.3) is 17.0 Å². The molecule has 1 aliphatic heterocycles. The maximum atomic E-state index is 12.9. The number of nitrogens with one attached hydrogen (secondary N) is 1. The molecule has 2 unspecified atom stereocenters. The summed E-state index contributed by atoms with van der Waals surface area (Å²) in [6, 6.07) is 11.0. The molecule has 1 saturated heterocycles. The summed E-state index contributed by atoms with van der Waals surface area (Å²) in [6.45, 7) is 3.05. The van der Waals surface area contributed by atoms with Crippen LogP contribution >= 0.6 is 0 Å². The van der Waals surface area contributed by atoms with Gasteiger partial charge in [-0.05, 0) is 37.1 Å². The highest BCUT2D eigenvalue weighted by molar-refractivity contribution is 7.82. The summed E-state index contributed by atoms with van der Waals surface area (Å²) in [6.07, 6.45) is 4.15. The third-order valence-corrected chi connectivity index (χ3v) is 7.29. The van der Waals surface area contributed by atoms with E-state index in [2.05, 4.69) is 20.4 Å². The van der Waals surface area contributed by atoms with Gasteiger partial charge < -0.3 is 14.6 Å². The van der Waals surface area contributed by atoms with Gasteiger partial charge in [0.05, 0.1) is 29.5 Å². The van der Waals surface area contributed by atoms with Crippen LogP contribution in [0.3, 0.4) is 0 Å². The molecule has 0 aliphatic carbocycles. The maximum Gasteiger partial charge on any atom is 0.274 e. The van der Waals surface area contributed by atoms with Crippen molar-refractivity contribution in [2.24, 2.45) is 0 Å². The molecular weight excluding hydrogens is 456 g/mol. The first kappa shape index (κ1) is 22.4. The molecule has 34 heavy (non-hydrogen) atoms. The number of amides is 1. The SMILES string of the molecule is COCCS(=O)N1CCC1c1nc(-c2ccc(C)c(NC(=O)c3cnc4ccccn34)c2)no1. The molecule has 0 spiro atoms. The summed E-state index contributed by atoms with van der Waals surface area (Å²) >= 11 is 0. The molecule has 1 amide bonds. The lowest BCUT2D eigenvalue weighted by atomic mass is 10.1. The lowest BCUT2D eigenvalue weighted by molar-refractivity contribution is 0.102. The minimum Gasteiger partial charge on any atom is -0.384 e. The second-order valence-electron chi connectivity index (χ2n) is 7.98. The summed E-state index contributed by atoms with van der Waals surface area (Å²) in [5.41, 5.74) is 3.39. The van der Waals surface area contributed by atoms with Crippen LogP contribution in [0.5, 0.6) is 0 Å². The van der Waals surface area contributed by atoms with Crippen molar-refractivity contribution < 1.29 is 18.3 Å². The number of fused-ring (bicyclic) bond motifs is 1. The summed E-state index contributed by atoms with van der Waals surface area (Å²) < 4.78 is 26.5. The van der Waals surface area contributed by atoms with E-state index < -0.39 is 11.0 Å². The van der Waals surface area contributed by atoms with Crippen molar-refractivity contribution in [3.8, 4) is 11.4 Å². The van der Waals surface area contributed by atoms with Gasteiger partial charge in [0, 0.05) is 31.1 Å². The number of hydrogen-bond acceptors (Lipinski definition) is 7. The van der Waals surface area contributed by atoms with Crippen LogP contribution in [-0.4, -0.2) is 60.0 Å². The molecular formula is C23H24N6O4S. The number of imidazole rings is 1. The zero-order chi connectivity index (χ0) is 23.7. The van der Waals surface area contributed by atoms with E-state index >= 15 is 0 Å². The standard InChI is InChI=1S/C23H24N6O4S/c1-15-6-7-16(13-17(15)25-22(30)19-14-24-20-5-3-4-9-28(19)20)21-26-23(33-27-21)18-8-10-29(18)34(31)12-11-32-2/h3-7,9,13-14,18H,8,10-12H2,1-2H3,(H,25,30). The van der Waals surface area contributed by atoms with Gasteiger partial charge in [-0.1, -0.05) is 23.4 Å². The molecule has 5 rings (SSSR count). The van der Waals surface area contributed by atoms with Gasteiger partial charge in [-0.2, -0.15) is 4.98 Å². The van der Waals surface area contributed by atoms with Crippen molar-refractivity contribution in [2.45, 2.75) is 19.4 Å².